The van der Waals surface area contributed by atoms with E-state index in [9.17, 15) is 33.9 Å². The molecule has 0 fully saturated rings. The van der Waals surface area contributed by atoms with Crippen molar-refractivity contribution in [2.75, 3.05) is 6.54 Å². The number of aliphatic carboxylic acids is 1. The fourth-order valence-electron chi connectivity index (χ4n) is 4.93. The summed E-state index contributed by atoms with van der Waals surface area (Å²) in [5.41, 5.74) is 13.0. The van der Waals surface area contributed by atoms with Crippen LogP contribution in [0.2, 0.25) is 0 Å². The molecule has 2 aromatic carbocycles. The number of carbonyl (C=O) groups excluding carboxylic acids is 5. The first-order valence-corrected chi connectivity index (χ1v) is 15.0. The number of phenolic OH excluding ortho intramolecular Hbond substituents is 1. The number of hydrogen-bond acceptors (Lipinski definition) is 8. The van der Waals surface area contributed by atoms with E-state index in [1.165, 1.54) is 12.1 Å². The van der Waals surface area contributed by atoms with Crippen LogP contribution in [-0.2, 0) is 41.6 Å². The highest BCUT2D eigenvalue weighted by atomic mass is 16.4. The van der Waals surface area contributed by atoms with Gasteiger partial charge in [-0.2, -0.15) is 0 Å². The van der Waals surface area contributed by atoms with Crippen LogP contribution in [0.15, 0.2) is 54.7 Å². The lowest BCUT2D eigenvalue weighted by Crippen LogP contribution is -2.59. The maximum Gasteiger partial charge on any atom is 0.322 e. The third-order valence-electron chi connectivity index (χ3n) is 7.25. The number of aromatic nitrogens is 1. The summed E-state index contributed by atoms with van der Waals surface area (Å²) in [6.45, 7) is 3.01. The summed E-state index contributed by atoms with van der Waals surface area (Å²) in [5, 5.41) is 29.7. The van der Waals surface area contributed by atoms with Gasteiger partial charge in [-0.3, -0.25) is 28.8 Å². The van der Waals surface area contributed by atoms with Crippen LogP contribution in [0.4, 0.5) is 0 Å². The number of amides is 5. The van der Waals surface area contributed by atoms with Gasteiger partial charge < -0.3 is 47.9 Å². The van der Waals surface area contributed by atoms with E-state index in [2.05, 4.69) is 26.3 Å². The van der Waals surface area contributed by atoms with Gasteiger partial charge in [-0.15, -0.1) is 0 Å². The van der Waals surface area contributed by atoms with Crippen LogP contribution in [-0.4, -0.2) is 81.4 Å². The maximum absolute atomic E-state index is 13.8. The molecule has 252 valence electrons. The Morgan fingerprint density at radius 2 is 1.40 bits per heavy atom. The zero-order valence-electron chi connectivity index (χ0n) is 26.1. The van der Waals surface area contributed by atoms with Gasteiger partial charge in [0.2, 0.25) is 29.5 Å². The van der Waals surface area contributed by atoms with E-state index in [1.807, 2.05) is 38.1 Å². The highest BCUT2D eigenvalue weighted by Crippen LogP contribution is 2.20. The molecule has 1 aromatic heterocycles. The number of aromatic hydroxyl groups is 1. The quantitative estimate of drug-likeness (QED) is 0.0915. The van der Waals surface area contributed by atoms with Crippen molar-refractivity contribution in [1.29, 1.82) is 0 Å². The summed E-state index contributed by atoms with van der Waals surface area (Å²) < 4.78 is 0. The molecule has 0 bridgehead atoms. The number of nitrogens with one attached hydrogen (secondary N) is 5. The highest BCUT2D eigenvalue weighted by molar-refractivity contribution is 5.96. The van der Waals surface area contributed by atoms with E-state index in [-0.39, 0.29) is 30.9 Å². The van der Waals surface area contributed by atoms with Crippen LogP contribution in [0.1, 0.15) is 37.8 Å². The standard InChI is InChI=1S/C32H41N7O8/c1-17(2)11-24(30(45)36-16-28(42)43)38-32(47)26(13-19-15-35-23-6-4-3-5-21(19)23)39-31(46)25(12-18-7-9-20(40)10-8-18)37-29(44)22(33)14-27(34)41/h3-10,15,17,22,24-26,35,40H,11-14,16,33H2,1-2H3,(H2,34,41)(H,36,45)(H,37,44)(H,38,47)(H,39,46)(H,42,43)/t22-,24-,25-,26-/m0/s1. The van der Waals surface area contributed by atoms with E-state index in [0.29, 0.717) is 11.1 Å². The first kappa shape index (κ1) is 36.0. The molecule has 3 rings (SSSR count). The van der Waals surface area contributed by atoms with Crippen molar-refractivity contribution in [3.8, 4) is 5.75 Å². The molecule has 11 N–H and O–H groups in total. The topological polar surface area (TPSA) is 259 Å². The second kappa shape index (κ2) is 16.7. The molecule has 1 heterocycles. The van der Waals surface area contributed by atoms with Gasteiger partial charge in [-0.1, -0.05) is 44.2 Å². The molecular formula is C32H41N7O8. The second-order valence-electron chi connectivity index (χ2n) is 11.6. The Labute approximate surface area is 270 Å². The molecule has 5 amide bonds. The molecule has 0 aliphatic heterocycles. The predicted molar refractivity (Wildman–Crippen MR) is 171 cm³/mol. The number of carbonyl (C=O) groups is 6. The van der Waals surface area contributed by atoms with E-state index < -0.39 is 72.6 Å². The van der Waals surface area contributed by atoms with E-state index >= 15 is 0 Å². The van der Waals surface area contributed by atoms with Gasteiger partial charge in [0.1, 0.15) is 30.4 Å². The Balaban J connectivity index is 1.93. The number of hydrogen-bond donors (Lipinski definition) is 9. The predicted octanol–water partition coefficient (Wildman–Crippen LogP) is -0.437. The Morgan fingerprint density at radius 1 is 0.809 bits per heavy atom. The first-order chi connectivity index (χ1) is 22.2. The molecular weight excluding hydrogens is 610 g/mol. The average molecular weight is 652 g/mol. The van der Waals surface area contributed by atoms with Crippen molar-refractivity contribution < 1.29 is 39.0 Å². The van der Waals surface area contributed by atoms with Gasteiger partial charge in [0.15, 0.2) is 0 Å². The minimum Gasteiger partial charge on any atom is -0.508 e. The molecule has 0 aliphatic carbocycles. The number of fused-ring (bicyclic) bond motifs is 1. The number of aromatic amines is 1. The summed E-state index contributed by atoms with van der Waals surface area (Å²) in [7, 11) is 0. The Hall–Kier alpha value is -5.44. The van der Waals surface area contributed by atoms with Crippen LogP contribution in [0.5, 0.6) is 5.75 Å². The lowest BCUT2D eigenvalue weighted by molar-refractivity contribution is -0.138. The average Bonchev–Trinajstić information content (AvgIpc) is 3.41. The van der Waals surface area contributed by atoms with Crippen LogP contribution >= 0.6 is 0 Å². The van der Waals surface area contributed by atoms with E-state index in [1.54, 1.807) is 18.3 Å². The smallest absolute Gasteiger partial charge is 0.322 e. The molecule has 0 saturated carbocycles. The third kappa shape index (κ3) is 11.1. The molecule has 0 unspecified atom stereocenters. The lowest BCUT2D eigenvalue weighted by atomic mass is 9.99. The zero-order chi connectivity index (χ0) is 34.7. The maximum atomic E-state index is 13.8. The summed E-state index contributed by atoms with van der Waals surface area (Å²) in [6, 6.07) is 8.25. The van der Waals surface area contributed by atoms with Gasteiger partial charge in [0, 0.05) is 29.9 Å². The summed E-state index contributed by atoms with van der Waals surface area (Å²) in [5.74, 6) is -5.16. The van der Waals surface area contributed by atoms with Crippen molar-refractivity contribution in [3.63, 3.8) is 0 Å². The molecule has 47 heavy (non-hydrogen) atoms. The van der Waals surface area contributed by atoms with Crippen LogP contribution in [0, 0.1) is 5.92 Å². The molecule has 15 nitrogen and oxygen atoms in total. The summed E-state index contributed by atoms with van der Waals surface area (Å²) in [4.78, 5) is 78.9. The number of phenols is 1. The number of benzene rings is 2. The van der Waals surface area contributed by atoms with E-state index in [4.69, 9.17) is 16.6 Å². The summed E-state index contributed by atoms with van der Waals surface area (Å²) in [6.07, 6.45) is 1.32. The van der Waals surface area contributed by atoms with Gasteiger partial charge in [0.05, 0.1) is 12.5 Å². The number of carboxylic acid groups (broad SMARTS) is 1. The molecule has 0 spiro atoms. The number of H-pyrrole nitrogens is 1. The SMILES string of the molecule is CC(C)C[C@H](NC(=O)[C@H](Cc1c[nH]c2ccccc12)NC(=O)[C@H](Cc1ccc(O)cc1)NC(=O)[C@@H](N)CC(N)=O)C(=O)NCC(=O)O. The third-order valence-corrected chi connectivity index (χ3v) is 7.25. The number of primary amides is 1. The van der Waals surface area contributed by atoms with E-state index in [0.717, 1.165) is 10.9 Å². The van der Waals surface area contributed by atoms with Crippen molar-refractivity contribution in [1.82, 2.24) is 26.3 Å². The first-order valence-electron chi connectivity index (χ1n) is 15.0. The van der Waals surface area contributed by atoms with Crippen molar-refractivity contribution >= 4 is 46.4 Å². The van der Waals surface area contributed by atoms with Crippen LogP contribution in [0.25, 0.3) is 10.9 Å². The second-order valence-corrected chi connectivity index (χ2v) is 11.6. The van der Waals surface area contributed by atoms with Gasteiger partial charge in [0.25, 0.3) is 0 Å². The number of nitrogens with two attached hydrogens (primary N) is 2. The number of rotatable bonds is 17. The largest absolute Gasteiger partial charge is 0.508 e. The van der Waals surface area contributed by atoms with Crippen molar-refractivity contribution in [3.05, 3.63) is 65.9 Å². The molecule has 0 radical (unpaired) electrons. The number of carboxylic acids is 1. The number of para-hydroxylation sites is 1. The molecule has 0 saturated heterocycles. The Kier molecular flexibility index (Phi) is 12.8. The minimum absolute atomic E-state index is 0.0129. The van der Waals surface area contributed by atoms with Gasteiger partial charge in [-0.25, -0.2) is 0 Å². The van der Waals surface area contributed by atoms with Gasteiger partial charge in [-0.05, 0) is 41.7 Å². The van der Waals surface area contributed by atoms with Crippen LogP contribution < -0.4 is 32.7 Å². The highest BCUT2D eigenvalue weighted by Gasteiger charge is 2.32. The Morgan fingerprint density at radius 3 is 2.02 bits per heavy atom. The molecule has 4 atom stereocenters. The van der Waals surface area contributed by atoms with Crippen molar-refractivity contribution in [2.45, 2.75) is 63.7 Å². The monoisotopic (exact) mass is 651 g/mol. The lowest BCUT2D eigenvalue weighted by Gasteiger charge is -2.26. The van der Waals surface area contributed by atoms with Crippen molar-refractivity contribution in [2.24, 2.45) is 17.4 Å². The Bertz CT molecular complexity index is 1590. The van der Waals surface area contributed by atoms with Gasteiger partial charge >= 0.3 is 5.97 Å². The fourth-order valence-corrected chi connectivity index (χ4v) is 4.93. The molecule has 0 aliphatic rings. The summed E-state index contributed by atoms with van der Waals surface area (Å²) >= 11 is 0. The zero-order valence-corrected chi connectivity index (χ0v) is 26.1. The fraction of sp³-hybridized carbons (Fsp3) is 0.375. The molecule has 15 heteroatoms. The molecule has 3 aromatic rings. The normalized spacial score (nSPS) is 13.6. The van der Waals surface area contributed by atoms with Crippen LogP contribution in [0.3, 0.4) is 0 Å². The minimum atomic E-state index is -1.34.